The number of amides is 1. The van der Waals surface area contributed by atoms with E-state index in [-0.39, 0.29) is 17.8 Å². The maximum atomic E-state index is 12.9. The summed E-state index contributed by atoms with van der Waals surface area (Å²) in [6.45, 7) is -0.413. The van der Waals surface area contributed by atoms with Gasteiger partial charge in [0.2, 0.25) is 15.9 Å². The molecule has 27 heavy (non-hydrogen) atoms. The Hall–Kier alpha value is -2.94. The van der Waals surface area contributed by atoms with Crippen LogP contribution in [0.5, 0.6) is 0 Å². The third-order valence-electron chi connectivity index (χ3n) is 3.67. The molecule has 0 saturated carbocycles. The summed E-state index contributed by atoms with van der Waals surface area (Å²) in [5.41, 5.74) is 0.728. The van der Waals surface area contributed by atoms with Crippen molar-refractivity contribution < 1.29 is 27.1 Å². The zero-order chi connectivity index (χ0) is 20.0. The minimum Gasteiger partial charge on any atom is -0.465 e. The van der Waals surface area contributed by atoms with E-state index in [1.165, 1.54) is 43.5 Å². The molecular formula is C18H19FN2O5S. The van der Waals surface area contributed by atoms with Gasteiger partial charge in [-0.25, -0.2) is 17.6 Å². The number of nitrogens with one attached hydrogen (secondary N) is 1. The summed E-state index contributed by atoms with van der Waals surface area (Å²) < 4.78 is 42.8. The van der Waals surface area contributed by atoms with E-state index in [1.54, 1.807) is 12.1 Å². The van der Waals surface area contributed by atoms with Crippen molar-refractivity contribution in [1.29, 1.82) is 0 Å². The number of carbonyl (C=O) groups is 2. The Balaban J connectivity index is 2.19. The van der Waals surface area contributed by atoms with Crippen molar-refractivity contribution in [2.45, 2.75) is 6.54 Å². The van der Waals surface area contributed by atoms with Crippen LogP contribution < -0.4 is 9.62 Å². The largest absolute Gasteiger partial charge is 0.465 e. The third-order valence-corrected chi connectivity index (χ3v) is 4.79. The molecule has 2 aromatic carbocycles. The van der Waals surface area contributed by atoms with Crippen LogP contribution in [0.25, 0.3) is 0 Å². The topological polar surface area (TPSA) is 92.8 Å². The van der Waals surface area contributed by atoms with E-state index in [1.807, 2.05) is 0 Å². The van der Waals surface area contributed by atoms with Crippen LogP contribution in [0.4, 0.5) is 10.1 Å². The fourth-order valence-corrected chi connectivity index (χ4v) is 3.21. The Morgan fingerprint density at radius 1 is 1.11 bits per heavy atom. The molecule has 0 heterocycles. The zero-order valence-corrected chi connectivity index (χ0v) is 15.6. The van der Waals surface area contributed by atoms with Crippen LogP contribution in [0.1, 0.15) is 15.9 Å². The Labute approximate surface area is 156 Å². The second kappa shape index (κ2) is 8.63. The SMILES string of the molecule is COC(=O)c1ccccc1N(CC(=O)NCc1ccc(F)cc1)S(C)(=O)=O. The molecule has 0 unspecified atom stereocenters. The number of para-hydroxylation sites is 1. The summed E-state index contributed by atoms with van der Waals surface area (Å²) in [5, 5.41) is 2.57. The van der Waals surface area contributed by atoms with Gasteiger partial charge in [0.25, 0.3) is 0 Å². The first-order valence-electron chi connectivity index (χ1n) is 7.88. The molecule has 0 aromatic heterocycles. The minimum atomic E-state index is -3.85. The van der Waals surface area contributed by atoms with Crippen molar-refractivity contribution in [2.75, 3.05) is 24.2 Å². The van der Waals surface area contributed by atoms with E-state index in [4.69, 9.17) is 0 Å². The summed E-state index contributed by atoms with van der Waals surface area (Å²) in [6.07, 6.45) is 0.939. The highest BCUT2D eigenvalue weighted by Gasteiger charge is 2.25. The molecule has 0 fully saturated rings. The average Bonchev–Trinajstić information content (AvgIpc) is 2.64. The van der Waals surface area contributed by atoms with Crippen molar-refractivity contribution >= 4 is 27.6 Å². The lowest BCUT2D eigenvalue weighted by Gasteiger charge is -2.23. The molecule has 7 nitrogen and oxygen atoms in total. The Bertz CT molecular complexity index is 929. The standard InChI is InChI=1S/C18H19FN2O5S/c1-26-18(23)15-5-3-4-6-16(15)21(27(2,24)25)12-17(22)20-11-13-7-9-14(19)10-8-13/h3-10H,11-12H2,1-2H3,(H,20,22). The van der Waals surface area contributed by atoms with Crippen molar-refractivity contribution in [3.8, 4) is 0 Å². The molecule has 0 spiro atoms. The number of hydrogen-bond donors (Lipinski definition) is 1. The third kappa shape index (κ3) is 5.52. The fourth-order valence-electron chi connectivity index (χ4n) is 2.34. The zero-order valence-electron chi connectivity index (χ0n) is 14.8. The molecule has 0 aliphatic rings. The molecule has 144 valence electrons. The first-order chi connectivity index (χ1) is 12.7. The van der Waals surface area contributed by atoms with Crippen molar-refractivity contribution in [1.82, 2.24) is 5.32 Å². The second-order valence-electron chi connectivity index (χ2n) is 5.68. The highest BCUT2D eigenvalue weighted by atomic mass is 32.2. The van der Waals surface area contributed by atoms with Crippen LogP contribution in [-0.4, -0.2) is 40.2 Å². The number of rotatable bonds is 7. The van der Waals surface area contributed by atoms with Crippen LogP contribution in [0, 0.1) is 5.82 Å². The summed E-state index contributed by atoms with van der Waals surface area (Å²) in [7, 11) is -2.67. The predicted octanol–water partition coefficient (Wildman–Crippen LogP) is 1.69. The molecule has 9 heteroatoms. The van der Waals surface area contributed by atoms with Crippen LogP contribution >= 0.6 is 0 Å². The summed E-state index contributed by atoms with van der Waals surface area (Å²) >= 11 is 0. The van der Waals surface area contributed by atoms with Gasteiger partial charge in [-0.05, 0) is 29.8 Å². The quantitative estimate of drug-likeness (QED) is 0.722. The predicted molar refractivity (Wildman–Crippen MR) is 98.2 cm³/mol. The smallest absolute Gasteiger partial charge is 0.340 e. The van der Waals surface area contributed by atoms with Gasteiger partial charge in [-0.3, -0.25) is 9.10 Å². The van der Waals surface area contributed by atoms with E-state index >= 15 is 0 Å². The van der Waals surface area contributed by atoms with Crippen LogP contribution in [0.15, 0.2) is 48.5 Å². The number of hydrogen-bond acceptors (Lipinski definition) is 5. The number of anilines is 1. The molecule has 1 amide bonds. The van der Waals surface area contributed by atoms with Crippen LogP contribution in [0.3, 0.4) is 0 Å². The van der Waals surface area contributed by atoms with Gasteiger partial charge in [-0.2, -0.15) is 0 Å². The molecule has 0 aliphatic heterocycles. The van der Waals surface area contributed by atoms with Gasteiger partial charge in [0.05, 0.1) is 24.6 Å². The van der Waals surface area contributed by atoms with E-state index in [0.717, 1.165) is 10.6 Å². The second-order valence-corrected chi connectivity index (χ2v) is 7.59. The van der Waals surface area contributed by atoms with Gasteiger partial charge in [-0.1, -0.05) is 24.3 Å². The number of benzene rings is 2. The Morgan fingerprint density at radius 3 is 2.33 bits per heavy atom. The number of halogens is 1. The fraction of sp³-hybridized carbons (Fsp3) is 0.222. The maximum absolute atomic E-state index is 12.9. The van der Waals surface area contributed by atoms with E-state index in [2.05, 4.69) is 10.1 Å². The lowest BCUT2D eigenvalue weighted by Crippen LogP contribution is -2.40. The molecule has 0 radical (unpaired) electrons. The Morgan fingerprint density at radius 2 is 1.74 bits per heavy atom. The van der Waals surface area contributed by atoms with E-state index in [9.17, 15) is 22.4 Å². The molecule has 0 atom stereocenters. The van der Waals surface area contributed by atoms with Gasteiger partial charge in [-0.15, -0.1) is 0 Å². The summed E-state index contributed by atoms with van der Waals surface area (Å²) in [5.74, 6) is -1.69. The average molecular weight is 394 g/mol. The van der Waals surface area contributed by atoms with Gasteiger partial charge in [0.1, 0.15) is 12.4 Å². The first kappa shape index (κ1) is 20.4. The van der Waals surface area contributed by atoms with Gasteiger partial charge >= 0.3 is 5.97 Å². The van der Waals surface area contributed by atoms with Gasteiger partial charge in [0.15, 0.2) is 0 Å². The van der Waals surface area contributed by atoms with Crippen molar-refractivity contribution in [3.05, 3.63) is 65.5 Å². The first-order valence-corrected chi connectivity index (χ1v) is 9.73. The lowest BCUT2D eigenvalue weighted by molar-refractivity contribution is -0.119. The van der Waals surface area contributed by atoms with Gasteiger partial charge < -0.3 is 10.1 Å². The number of ether oxygens (including phenoxy) is 1. The van der Waals surface area contributed by atoms with Gasteiger partial charge in [0, 0.05) is 6.54 Å². The molecule has 0 saturated heterocycles. The number of methoxy groups -OCH3 is 1. The molecule has 2 aromatic rings. The number of esters is 1. The number of nitrogens with zero attached hydrogens (tertiary/aromatic N) is 1. The monoisotopic (exact) mass is 394 g/mol. The Kier molecular flexibility index (Phi) is 6.51. The maximum Gasteiger partial charge on any atom is 0.340 e. The summed E-state index contributed by atoms with van der Waals surface area (Å²) in [6, 6.07) is 11.5. The highest BCUT2D eigenvalue weighted by Crippen LogP contribution is 2.23. The molecule has 0 bridgehead atoms. The summed E-state index contributed by atoms with van der Waals surface area (Å²) in [4.78, 5) is 24.2. The lowest BCUT2D eigenvalue weighted by atomic mass is 10.2. The molecule has 2 rings (SSSR count). The van der Waals surface area contributed by atoms with Crippen LogP contribution in [-0.2, 0) is 26.1 Å². The molecule has 0 aliphatic carbocycles. The molecular weight excluding hydrogens is 375 g/mol. The van der Waals surface area contributed by atoms with E-state index in [0.29, 0.717) is 5.56 Å². The normalized spacial score (nSPS) is 10.9. The van der Waals surface area contributed by atoms with Crippen molar-refractivity contribution in [2.24, 2.45) is 0 Å². The number of carbonyl (C=O) groups excluding carboxylic acids is 2. The van der Waals surface area contributed by atoms with Crippen LogP contribution in [0.2, 0.25) is 0 Å². The van der Waals surface area contributed by atoms with Crippen molar-refractivity contribution in [3.63, 3.8) is 0 Å². The number of sulfonamides is 1. The minimum absolute atomic E-state index is 0.0248. The highest BCUT2D eigenvalue weighted by molar-refractivity contribution is 7.92. The molecule has 1 N–H and O–H groups in total. The van der Waals surface area contributed by atoms with E-state index < -0.39 is 34.3 Å².